The molecule has 0 radical (unpaired) electrons. The van der Waals surface area contributed by atoms with E-state index < -0.39 is 0 Å². The summed E-state index contributed by atoms with van der Waals surface area (Å²) >= 11 is 0. The summed E-state index contributed by atoms with van der Waals surface area (Å²) in [6.45, 7) is 0. The van der Waals surface area contributed by atoms with Crippen LogP contribution in [0, 0.1) is 11.8 Å². The Morgan fingerprint density at radius 3 is 2.42 bits per heavy atom. The van der Waals surface area contributed by atoms with Crippen molar-refractivity contribution in [2.75, 3.05) is 7.11 Å². The van der Waals surface area contributed by atoms with Crippen molar-refractivity contribution >= 4 is 17.6 Å². The zero-order chi connectivity index (χ0) is 17.9. The molecule has 2 saturated carbocycles. The lowest BCUT2D eigenvalue weighted by molar-refractivity contribution is -0.116. The van der Waals surface area contributed by atoms with Gasteiger partial charge in [-0.15, -0.1) is 0 Å². The van der Waals surface area contributed by atoms with Crippen LogP contribution in [-0.2, 0) is 4.79 Å². The van der Waals surface area contributed by atoms with Gasteiger partial charge in [0.05, 0.1) is 7.11 Å². The quantitative estimate of drug-likeness (QED) is 0.637. The zero-order valence-corrected chi connectivity index (χ0v) is 15.2. The molecule has 2 aromatic carbocycles. The molecule has 0 unspecified atom stereocenters. The predicted octanol–water partition coefficient (Wildman–Crippen LogP) is 4.54. The molecule has 1 amide bonds. The summed E-state index contributed by atoms with van der Waals surface area (Å²) in [4.78, 5) is 13.1. The van der Waals surface area contributed by atoms with Gasteiger partial charge in [0.15, 0.2) is 0 Å². The predicted molar refractivity (Wildman–Crippen MR) is 105 cm³/mol. The second kappa shape index (κ2) is 7.36. The highest BCUT2D eigenvalue weighted by molar-refractivity contribution is 6.24. The summed E-state index contributed by atoms with van der Waals surface area (Å²) in [5, 5.41) is 3.32. The van der Waals surface area contributed by atoms with Crippen LogP contribution in [0.4, 0.5) is 0 Å². The van der Waals surface area contributed by atoms with Gasteiger partial charge in [0, 0.05) is 11.6 Å². The summed E-state index contributed by atoms with van der Waals surface area (Å²) in [6.07, 6.45) is 6.99. The lowest BCUT2D eigenvalue weighted by Gasteiger charge is -2.23. The smallest absolute Gasteiger partial charge is 0.252 e. The molecule has 26 heavy (non-hydrogen) atoms. The molecule has 3 heteroatoms. The van der Waals surface area contributed by atoms with E-state index in [-0.39, 0.29) is 5.91 Å². The molecule has 0 heterocycles. The Morgan fingerprint density at radius 1 is 1.04 bits per heavy atom. The molecule has 3 nitrogen and oxygen atoms in total. The van der Waals surface area contributed by atoms with E-state index in [1.165, 1.54) is 19.3 Å². The number of ether oxygens (including phenoxy) is 1. The normalized spacial score (nSPS) is 24.5. The van der Waals surface area contributed by atoms with Crippen molar-refractivity contribution < 1.29 is 9.53 Å². The van der Waals surface area contributed by atoms with Crippen LogP contribution in [-0.4, -0.2) is 19.1 Å². The Hall–Kier alpha value is -2.55. The molecule has 2 aliphatic carbocycles. The Labute approximate surface area is 155 Å². The van der Waals surface area contributed by atoms with Gasteiger partial charge < -0.3 is 10.1 Å². The van der Waals surface area contributed by atoms with E-state index >= 15 is 0 Å². The maximum absolute atomic E-state index is 13.1. The minimum absolute atomic E-state index is 0.0320. The van der Waals surface area contributed by atoms with Gasteiger partial charge >= 0.3 is 0 Å². The second-order valence-electron chi connectivity index (χ2n) is 7.45. The summed E-state index contributed by atoms with van der Waals surface area (Å²) in [5.74, 6) is 2.33. The third kappa shape index (κ3) is 3.52. The van der Waals surface area contributed by atoms with E-state index in [2.05, 4.69) is 5.32 Å². The average molecular weight is 347 g/mol. The second-order valence-corrected chi connectivity index (χ2v) is 7.45. The summed E-state index contributed by atoms with van der Waals surface area (Å²) in [7, 11) is 1.66. The molecular formula is C23H25NO2. The van der Waals surface area contributed by atoms with Crippen LogP contribution in [0.1, 0.15) is 36.8 Å². The number of hydrogen-bond acceptors (Lipinski definition) is 2. The van der Waals surface area contributed by atoms with Crippen LogP contribution >= 0.6 is 0 Å². The largest absolute Gasteiger partial charge is 0.497 e. The van der Waals surface area contributed by atoms with Crippen molar-refractivity contribution in [1.29, 1.82) is 0 Å². The molecule has 0 aliphatic heterocycles. The number of nitrogens with one attached hydrogen (secondary N) is 1. The molecule has 2 aliphatic rings. The number of methoxy groups -OCH3 is 1. The van der Waals surface area contributed by atoms with Crippen LogP contribution in [0.3, 0.4) is 0 Å². The topological polar surface area (TPSA) is 38.3 Å². The van der Waals surface area contributed by atoms with Gasteiger partial charge in [-0.3, -0.25) is 4.79 Å². The molecule has 0 aromatic heterocycles. The SMILES string of the molecule is COc1ccc(/C=C(/C(=O)N[C@H]2C[C@H]3CC[C@H]2C3)c2ccccc2)cc1. The molecule has 0 saturated heterocycles. The van der Waals surface area contributed by atoms with Crippen molar-refractivity contribution in [2.45, 2.75) is 31.7 Å². The maximum atomic E-state index is 13.1. The average Bonchev–Trinajstić information content (AvgIpc) is 3.30. The first-order chi connectivity index (χ1) is 12.7. The van der Waals surface area contributed by atoms with Gasteiger partial charge in [0.1, 0.15) is 5.75 Å². The summed E-state index contributed by atoms with van der Waals surface area (Å²) in [5.41, 5.74) is 2.66. The van der Waals surface area contributed by atoms with E-state index in [9.17, 15) is 4.79 Å². The Bertz CT molecular complexity index is 795. The van der Waals surface area contributed by atoms with E-state index in [0.717, 1.165) is 34.8 Å². The number of carbonyl (C=O) groups is 1. The van der Waals surface area contributed by atoms with Crippen molar-refractivity contribution in [3.8, 4) is 5.75 Å². The Kier molecular flexibility index (Phi) is 4.79. The molecule has 2 aromatic rings. The lowest BCUT2D eigenvalue weighted by Crippen LogP contribution is -2.38. The molecular weight excluding hydrogens is 322 g/mol. The molecule has 3 atom stereocenters. The summed E-state index contributed by atoms with van der Waals surface area (Å²) < 4.78 is 5.22. The van der Waals surface area contributed by atoms with E-state index in [4.69, 9.17) is 4.74 Å². The van der Waals surface area contributed by atoms with Crippen molar-refractivity contribution in [2.24, 2.45) is 11.8 Å². The highest BCUT2D eigenvalue weighted by Gasteiger charge is 2.40. The first-order valence-electron chi connectivity index (χ1n) is 9.45. The number of hydrogen-bond donors (Lipinski definition) is 1. The number of benzene rings is 2. The van der Waals surface area contributed by atoms with Gasteiger partial charge in [0.2, 0.25) is 0 Å². The van der Waals surface area contributed by atoms with Crippen LogP contribution in [0.5, 0.6) is 5.75 Å². The lowest BCUT2D eigenvalue weighted by atomic mass is 9.94. The fourth-order valence-corrected chi connectivity index (χ4v) is 4.43. The minimum atomic E-state index is 0.0320. The highest BCUT2D eigenvalue weighted by atomic mass is 16.5. The third-order valence-corrected chi connectivity index (χ3v) is 5.81. The van der Waals surface area contributed by atoms with Crippen molar-refractivity contribution in [3.05, 3.63) is 65.7 Å². The number of rotatable bonds is 5. The fraction of sp³-hybridized carbons (Fsp3) is 0.348. The number of amides is 1. The maximum Gasteiger partial charge on any atom is 0.252 e. The van der Waals surface area contributed by atoms with E-state index in [1.807, 2.05) is 60.7 Å². The van der Waals surface area contributed by atoms with Gasteiger partial charge in [-0.2, -0.15) is 0 Å². The van der Waals surface area contributed by atoms with Gasteiger partial charge in [0.25, 0.3) is 5.91 Å². The van der Waals surface area contributed by atoms with E-state index in [0.29, 0.717) is 12.0 Å². The zero-order valence-electron chi connectivity index (χ0n) is 15.2. The molecule has 2 bridgehead atoms. The van der Waals surface area contributed by atoms with Crippen LogP contribution in [0.25, 0.3) is 11.6 Å². The molecule has 4 rings (SSSR count). The Morgan fingerprint density at radius 2 is 1.81 bits per heavy atom. The standard InChI is InChI=1S/C23H25NO2/c1-26-20-11-8-16(9-12-20)14-21(18-5-3-2-4-6-18)23(25)24-22-15-17-7-10-19(22)13-17/h2-6,8-9,11-12,14,17,19,22H,7,10,13,15H2,1H3,(H,24,25)/b21-14+/t17-,19-,22-/m0/s1. The van der Waals surface area contributed by atoms with Crippen molar-refractivity contribution in [1.82, 2.24) is 5.32 Å². The molecule has 1 N–H and O–H groups in total. The number of carbonyl (C=O) groups excluding carboxylic acids is 1. The molecule has 2 fully saturated rings. The molecule has 0 spiro atoms. The Balaban J connectivity index is 1.60. The van der Waals surface area contributed by atoms with Crippen LogP contribution < -0.4 is 10.1 Å². The van der Waals surface area contributed by atoms with Gasteiger partial charge in [-0.25, -0.2) is 0 Å². The van der Waals surface area contributed by atoms with Gasteiger partial charge in [-0.05, 0) is 60.4 Å². The molecule has 134 valence electrons. The monoisotopic (exact) mass is 347 g/mol. The highest BCUT2D eigenvalue weighted by Crippen LogP contribution is 2.44. The first kappa shape index (κ1) is 16.9. The minimum Gasteiger partial charge on any atom is -0.497 e. The third-order valence-electron chi connectivity index (χ3n) is 5.81. The van der Waals surface area contributed by atoms with Crippen LogP contribution in [0.15, 0.2) is 54.6 Å². The van der Waals surface area contributed by atoms with Gasteiger partial charge in [-0.1, -0.05) is 48.9 Å². The summed E-state index contributed by atoms with van der Waals surface area (Å²) in [6, 6.07) is 18.0. The van der Waals surface area contributed by atoms with Crippen LogP contribution in [0.2, 0.25) is 0 Å². The van der Waals surface area contributed by atoms with Crippen molar-refractivity contribution in [3.63, 3.8) is 0 Å². The number of fused-ring (bicyclic) bond motifs is 2. The first-order valence-corrected chi connectivity index (χ1v) is 9.45. The fourth-order valence-electron chi connectivity index (χ4n) is 4.43. The van der Waals surface area contributed by atoms with E-state index in [1.54, 1.807) is 7.11 Å².